The van der Waals surface area contributed by atoms with Crippen molar-refractivity contribution in [2.45, 2.75) is 0 Å². The molecule has 0 saturated heterocycles. The number of benzene rings is 1. The average molecular weight is 301 g/mol. The van der Waals surface area contributed by atoms with Gasteiger partial charge < -0.3 is 10.4 Å². The van der Waals surface area contributed by atoms with Gasteiger partial charge in [-0.1, -0.05) is 23.2 Å². The fourth-order valence-corrected chi connectivity index (χ4v) is 1.80. The molecule has 0 bridgehead atoms. The van der Waals surface area contributed by atoms with E-state index in [1.165, 1.54) is 30.3 Å². The van der Waals surface area contributed by atoms with Crippen molar-refractivity contribution in [1.29, 1.82) is 0 Å². The first-order valence-corrected chi connectivity index (χ1v) is 5.84. The summed E-state index contributed by atoms with van der Waals surface area (Å²) in [6.07, 6.45) is 0. The fourth-order valence-electron chi connectivity index (χ4n) is 1.42. The van der Waals surface area contributed by atoms with Crippen LogP contribution in [0.15, 0.2) is 30.3 Å². The molecular weight excluding hydrogens is 294 g/mol. The number of nitrogens with zero attached hydrogens (tertiary/aromatic N) is 1. The molecule has 0 aliphatic rings. The van der Waals surface area contributed by atoms with Gasteiger partial charge in [0.1, 0.15) is 16.8 Å². The number of anilines is 2. The number of carboxylic acids is 1. The van der Waals surface area contributed by atoms with Gasteiger partial charge in [-0.05, 0) is 30.3 Å². The van der Waals surface area contributed by atoms with E-state index < -0.39 is 11.8 Å². The second-order valence-electron chi connectivity index (χ2n) is 3.62. The van der Waals surface area contributed by atoms with Crippen molar-refractivity contribution in [2.24, 2.45) is 0 Å². The summed E-state index contributed by atoms with van der Waals surface area (Å²) in [7, 11) is 0. The van der Waals surface area contributed by atoms with Crippen molar-refractivity contribution < 1.29 is 14.3 Å². The second kappa shape index (κ2) is 5.42. The van der Waals surface area contributed by atoms with E-state index in [1.807, 2.05) is 0 Å². The van der Waals surface area contributed by atoms with E-state index >= 15 is 0 Å². The summed E-state index contributed by atoms with van der Waals surface area (Å²) in [6, 6.07) is 6.39. The third-order valence-electron chi connectivity index (χ3n) is 2.23. The molecule has 2 N–H and O–H groups in total. The second-order valence-corrected chi connectivity index (χ2v) is 4.44. The topological polar surface area (TPSA) is 62.2 Å². The average Bonchev–Trinajstić information content (AvgIpc) is 2.33. The molecule has 1 aromatic carbocycles. The third kappa shape index (κ3) is 3.33. The Balaban J connectivity index is 2.38. The van der Waals surface area contributed by atoms with Crippen LogP contribution in [0.5, 0.6) is 0 Å². The zero-order valence-electron chi connectivity index (χ0n) is 9.32. The zero-order valence-corrected chi connectivity index (χ0v) is 10.8. The lowest BCUT2D eigenvalue weighted by molar-refractivity contribution is 0.0697. The standard InChI is InChI=1S/C12H7Cl2FN2O2/c13-7-1-2-8(15)9(5-7)16-11-4-6(12(18)19)3-10(14)17-11/h1-5H,(H,16,17)(H,18,19). The SMILES string of the molecule is O=C(O)c1cc(Cl)nc(Nc2cc(Cl)ccc2F)c1. The van der Waals surface area contributed by atoms with Crippen LogP contribution in [0.25, 0.3) is 0 Å². The predicted octanol–water partition coefficient (Wildman–Crippen LogP) is 3.97. The highest BCUT2D eigenvalue weighted by Crippen LogP contribution is 2.24. The summed E-state index contributed by atoms with van der Waals surface area (Å²) >= 11 is 11.4. The van der Waals surface area contributed by atoms with Crippen LogP contribution < -0.4 is 5.32 Å². The van der Waals surface area contributed by atoms with Crippen LogP contribution >= 0.6 is 23.2 Å². The maximum atomic E-state index is 13.5. The molecule has 0 amide bonds. The quantitative estimate of drug-likeness (QED) is 0.842. The van der Waals surface area contributed by atoms with Crippen molar-refractivity contribution >= 4 is 40.7 Å². The van der Waals surface area contributed by atoms with Crippen molar-refractivity contribution in [2.75, 3.05) is 5.32 Å². The minimum absolute atomic E-state index is 0.00941. The largest absolute Gasteiger partial charge is 0.478 e. The Morgan fingerprint density at radius 2 is 2.00 bits per heavy atom. The number of halogens is 3. The molecule has 0 atom stereocenters. The maximum Gasteiger partial charge on any atom is 0.335 e. The lowest BCUT2D eigenvalue weighted by Gasteiger charge is -2.08. The van der Waals surface area contributed by atoms with Gasteiger partial charge in [-0.2, -0.15) is 0 Å². The van der Waals surface area contributed by atoms with Gasteiger partial charge >= 0.3 is 5.97 Å². The fraction of sp³-hybridized carbons (Fsp3) is 0. The molecule has 0 saturated carbocycles. The van der Waals surface area contributed by atoms with E-state index in [4.69, 9.17) is 28.3 Å². The first-order chi connectivity index (χ1) is 8.95. The molecule has 2 aromatic rings. The molecule has 0 aliphatic carbocycles. The smallest absolute Gasteiger partial charge is 0.335 e. The van der Waals surface area contributed by atoms with E-state index in [0.29, 0.717) is 5.02 Å². The number of hydrogen-bond acceptors (Lipinski definition) is 3. The van der Waals surface area contributed by atoms with Crippen LogP contribution in [0.1, 0.15) is 10.4 Å². The van der Waals surface area contributed by atoms with Gasteiger partial charge in [0.25, 0.3) is 0 Å². The highest BCUT2D eigenvalue weighted by atomic mass is 35.5. The number of carboxylic acid groups (broad SMARTS) is 1. The maximum absolute atomic E-state index is 13.5. The number of hydrogen-bond donors (Lipinski definition) is 2. The highest BCUT2D eigenvalue weighted by molar-refractivity contribution is 6.31. The molecule has 4 nitrogen and oxygen atoms in total. The van der Waals surface area contributed by atoms with Crippen LogP contribution in [0.2, 0.25) is 10.2 Å². The number of aromatic carboxylic acids is 1. The normalized spacial score (nSPS) is 10.3. The molecule has 0 aliphatic heterocycles. The molecule has 0 radical (unpaired) electrons. The van der Waals surface area contributed by atoms with Gasteiger partial charge in [-0.3, -0.25) is 0 Å². The molecule has 1 heterocycles. The number of rotatable bonds is 3. The number of nitrogens with one attached hydrogen (secondary N) is 1. The summed E-state index contributed by atoms with van der Waals surface area (Å²) < 4.78 is 13.5. The van der Waals surface area contributed by atoms with Crippen LogP contribution in [0, 0.1) is 5.82 Å². The predicted molar refractivity (Wildman–Crippen MR) is 70.9 cm³/mol. The van der Waals surface area contributed by atoms with Crippen LogP contribution in [0.4, 0.5) is 15.9 Å². The summed E-state index contributed by atoms with van der Waals surface area (Å²) in [5, 5.41) is 11.8. The molecule has 0 unspecified atom stereocenters. The van der Waals surface area contributed by atoms with Gasteiger partial charge in [0, 0.05) is 5.02 Å². The van der Waals surface area contributed by atoms with Crippen molar-refractivity contribution in [3.05, 3.63) is 51.9 Å². The number of carbonyl (C=O) groups is 1. The number of pyridine rings is 1. The Labute approximate surface area is 117 Å². The lowest BCUT2D eigenvalue weighted by Crippen LogP contribution is -2.01. The minimum Gasteiger partial charge on any atom is -0.478 e. The summed E-state index contributed by atoms with van der Waals surface area (Å²) in [5.74, 6) is -1.58. The molecular formula is C12H7Cl2FN2O2. The molecule has 7 heteroatoms. The van der Waals surface area contributed by atoms with E-state index in [0.717, 1.165) is 0 Å². The monoisotopic (exact) mass is 300 g/mol. The Bertz CT molecular complexity index is 650. The Hall–Kier alpha value is -1.85. The first kappa shape index (κ1) is 13.6. The number of aromatic nitrogens is 1. The van der Waals surface area contributed by atoms with Gasteiger partial charge in [-0.25, -0.2) is 14.2 Å². The van der Waals surface area contributed by atoms with Crippen LogP contribution in [-0.4, -0.2) is 16.1 Å². The molecule has 1 aromatic heterocycles. The Morgan fingerprint density at radius 3 is 2.68 bits per heavy atom. The molecule has 98 valence electrons. The van der Waals surface area contributed by atoms with Crippen LogP contribution in [0.3, 0.4) is 0 Å². The van der Waals surface area contributed by atoms with E-state index in [1.54, 1.807) is 0 Å². The van der Waals surface area contributed by atoms with Gasteiger partial charge in [-0.15, -0.1) is 0 Å². The van der Waals surface area contributed by atoms with Gasteiger partial charge in [0.05, 0.1) is 11.3 Å². The third-order valence-corrected chi connectivity index (χ3v) is 2.66. The van der Waals surface area contributed by atoms with Crippen molar-refractivity contribution in [1.82, 2.24) is 4.98 Å². The van der Waals surface area contributed by atoms with Gasteiger partial charge in [0.15, 0.2) is 0 Å². The van der Waals surface area contributed by atoms with Crippen molar-refractivity contribution in [3.8, 4) is 0 Å². The minimum atomic E-state index is -1.15. The zero-order chi connectivity index (χ0) is 14.0. The lowest BCUT2D eigenvalue weighted by atomic mass is 10.2. The summed E-state index contributed by atoms with van der Waals surface area (Å²) in [4.78, 5) is 14.7. The van der Waals surface area contributed by atoms with Crippen molar-refractivity contribution in [3.63, 3.8) is 0 Å². The highest BCUT2D eigenvalue weighted by Gasteiger charge is 2.09. The van der Waals surface area contributed by atoms with Crippen LogP contribution in [-0.2, 0) is 0 Å². The first-order valence-electron chi connectivity index (χ1n) is 5.08. The Morgan fingerprint density at radius 1 is 1.26 bits per heavy atom. The molecule has 0 spiro atoms. The molecule has 19 heavy (non-hydrogen) atoms. The van der Waals surface area contributed by atoms with E-state index in [-0.39, 0.29) is 22.2 Å². The molecule has 0 fully saturated rings. The summed E-state index contributed by atoms with van der Waals surface area (Å²) in [6.45, 7) is 0. The van der Waals surface area contributed by atoms with Gasteiger partial charge in [0.2, 0.25) is 0 Å². The molecule has 2 rings (SSSR count). The van der Waals surface area contributed by atoms with E-state index in [2.05, 4.69) is 10.3 Å². The Kier molecular flexibility index (Phi) is 3.87. The van der Waals surface area contributed by atoms with E-state index in [9.17, 15) is 9.18 Å². The summed E-state index contributed by atoms with van der Waals surface area (Å²) in [5.41, 5.74) is 0.0311.